The summed E-state index contributed by atoms with van der Waals surface area (Å²) in [5.74, 6) is 2.88. The Labute approximate surface area is 90.6 Å². The fraction of sp³-hybridized carbons (Fsp3) is 0.846. The van der Waals surface area contributed by atoms with E-state index in [0.29, 0.717) is 11.8 Å². The minimum atomic E-state index is -0.170. The van der Waals surface area contributed by atoms with Gasteiger partial charge in [-0.2, -0.15) is 0 Å². The highest BCUT2D eigenvalue weighted by atomic mass is 16.7. The maximum absolute atomic E-state index is 5.95. The van der Waals surface area contributed by atoms with Gasteiger partial charge in [-0.25, -0.2) is 0 Å². The Kier molecular flexibility index (Phi) is 1.56. The van der Waals surface area contributed by atoms with Gasteiger partial charge >= 0.3 is 0 Å². The Morgan fingerprint density at radius 3 is 2.87 bits per heavy atom. The Balaban J connectivity index is 1.74. The van der Waals surface area contributed by atoms with Crippen LogP contribution >= 0.6 is 0 Å². The standard InChI is InChI=1S/C13H18O2/c1-2-8-7-11-12-9(8)3-4-10(12)13(11)14-5-6-15-13/h7,9-12H,2-6H2,1H3/t9-,10-,11?,12+/m0/s1. The van der Waals surface area contributed by atoms with Crippen LogP contribution < -0.4 is 0 Å². The van der Waals surface area contributed by atoms with Crippen molar-refractivity contribution in [3.05, 3.63) is 11.6 Å². The SMILES string of the molecule is CCC1=CC2[C@@H]3[C@H]1CC[C@@H]3C21OCCO1. The predicted octanol–water partition coefficient (Wildman–Crippen LogP) is 2.35. The van der Waals surface area contributed by atoms with Gasteiger partial charge in [0.25, 0.3) is 0 Å². The van der Waals surface area contributed by atoms with Crippen molar-refractivity contribution < 1.29 is 9.47 Å². The second-order valence-electron chi connectivity index (χ2n) is 5.41. The normalized spacial score (nSPS) is 49.3. The molecule has 1 aliphatic heterocycles. The molecule has 2 saturated carbocycles. The molecular weight excluding hydrogens is 188 g/mol. The molecular formula is C13H18O2. The van der Waals surface area contributed by atoms with Crippen LogP contribution in [-0.4, -0.2) is 19.0 Å². The van der Waals surface area contributed by atoms with Crippen molar-refractivity contribution in [2.75, 3.05) is 13.2 Å². The van der Waals surface area contributed by atoms with Crippen molar-refractivity contribution in [2.24, 2.45) is 23.7 Å². The Bertz CT molecular complexity index is 327. The van der Waals surface area contributed by atoms with Gasteiger partial charge in [-0.1, -0.05) is 18.6 Å². The van der Waals surface area contributed by atoms with Gasteiger partial charge in [-0.3, -0.25) is 0 Å². The van der Waals surface area contributed by atoms with E-state index in [1.54, 1.807) is 5.57 Å². The third-order valence-corrected chi connectivity index (χ3v) is 5.13. The molecule has 1 saturated heterocycles. The van der Waals surface area contributed by atoms with Gasteiger partial charge in [-0.15, -0.1) is 0 Å². The second-order valence-corrected chi connectivity index (χ2v) is 5.41. The molecule has 0 aromatic carbocycles. The molecule has 0 bridgehead atoms. The topological polar surface area (TPSA) is 18.5 Å². The lowest BCUT2D eigenvalue weighted by Gasteiger charge is -2.53. The number of ether oxygens (including phenoxy) is 2. The molecule has 0 aromatic rings. The molecule has 2 nitrogen and oxygen atoms in total. The summed E-state index contributed by atoms with van der Waals surface area (Å²) in [5, 5.41) is 0. The Hall–Kier alpha value is -0.340. The van der Waals surface area contributed by atoms with Crippen LogP contribution in [0, 0.1) is 23.7 Å². The number of rotatable bonds is 1. The first-order valence-corrected chi connectivity index (χ1v) is 6.35. The molecule has 4 atom stereocenters. The van der Waals surface area contributed by atoms with Gasteiger partial charge in [0.05, 0.1) is 13.2 Å². The average Bonchev–Trinajstić information content (AvgIpc) is 2.89. The molecule has 0 N–H and O–H groups in total. The average molecular weight is 206 g/mol. The van der Waals surface area contributed by atoms with Gasteiger partial charge in [0.2, 0.25) is 0 Å². The summed E-state index contributed by atoms with van der Waals surface area (Å²) in [6.45, 7) is 3.90. The fourth-order valence-electron chi connectivity index (χ4n) is 4.64. The number of hydrogen-bond acceptors (Lipinski definition) is 2. The molecule has 2 heteroatoms. The van der Waals surface area contributed by atoms with Gasteiger partial charge in [0, 0.05) is 11.8 Å². The maximum atomic E-state index is 5.95. The van der Waals surface area contributed by atoms with Crippen LogP contribution in [0.15, 0.2) is 11.6 Å². The zero-order valence-electron chi connectivity index (χ0n) is 9.24. The van der Waals surface area contributed by atoms with E-state index in [1.807, 2.05) is 0 Å². The van der Waals surface area contributed by atoms with Crippen molar-refractivity contribution in [3.8, 4) is 0 Å². The van der Waals surface area contributed by atoms with E-state index in [2.05, 4.69) is 13.0 Å². The first-order chi connectivity index (χ1) is 7.37. The summed E-state index contributed by atoms with van der Waals surface area (Å²) in [4.78, 5) is 0. The summed E-state index contributed by atoms with van der Waals surface area (Å²) in [5.41, 5.74) is 1.68. The van der Waals surface area contributed by atoms with Crippen LogP contribution in [0.2, 0.25) is 0 Å². The monoisotopic (exact) mass is 206 g/mol. The van der Waals surface area contributed by atoms with Crippen LogP contribution in [0.4, 0.5) is 0 Å². The highest BCUT2D eigenvalue weighted by Crippen LogP contribution is 2.68. The van der Waals surface area contributed by atoms with E-state index in [4.69, 9.17) is 9.47 Å². The van der Waals surface area contributed by atoms with Gasteiger partial charge in [0.1, 0.15) is 0 Å². The largest absolute Gasteiger partial charge is 0.347 e. The van der Waals surface area contributed by atoms with Gasteiger partial charge in [-0.05, 0) is 31.1 Å². The van der Waals surface area contributed by atoms with Crippen molar-refractivity contribution in [1.29, 1.82) is 0 Å². The molecule has 3 fully saturated rings. The molecule has 0 aromatic heterocycles. The van der Waals surface area contributed by atoms with E-state index >= 15 is 0 Å². The summed E-state index contributed by atoms with van der Waals surface area (Å²) < 4.78 is 11.9. The molecule has 0 amide bonds. The lowest BCUT2D eigenvalue weighted by molar-refractivity contribution is -0.298. The van der Waals surface area contributed by atoms with E-state index in [1.165, 1.54) is 19.3 Å². The molecule has 0 radical (unpaired) electrons. The highest BCUT2D eigenvalue weighted by molar-refractivity contribution is 5.31. The van der Waals surface area contributed by atoms with Crippen LogP contribution in [0.5, 0.6) is 0 Å². The minimum absolute atomic E-state index is 0.170. The number of allylic oxidation sites excluding steroid dienone is 1. The van der Waals surface area contributed by atoms with Crippen molar-refractivity contribution in [3.63, 3.8) is 0 Å². The molecule has 1 heterocycles. The molecule has 15 heavy (non-hydrogen) atoms. The highest BCUT2D eigenvalue weighted by Gasteiger charge is 2.70. The molecule has 4 aliphatic rings. The summed E-state index contributed by atoms with van der Waals surface area (Å²) in [6.07, 6.45) is 6.40. The van der Waals surface area contributed by atoms with Crippen LogP contribution in [0.25, 0.3) is 0 Å². The Morgan fingerprint density at radius 1 is 1.33 bits per heavy atom. The van der Waals surface area contributed by atoms with Crippen LogP contribution in [0.1, 0.15) is 26.2 Å². The second kappa shape index (κ2) is 2.67. The predicted molar refractivity (Wildman–Crippen MR) is 56.2 cm³/mol. The number of hydrogen-bond donors (Lipinski definition) is 0. The molecule has 1 spiro atoms. The van der Waals surface area contributed by atoms with Gasteiger partial charge in [0.15, 0.2) is 5.79 Å². The molecule has 3 aliphatic carbocycles. The zero-order valence-corrected chi connectivity index (χ0v) is 9.24. The van der Waals surface area contributed by atoms with E-state index in [9.17, 15) is 0 Å². The Morgan fingerprint density at radius 2 is 2.13 bits per heavy atom. The summed E-state index contributed by atoms with van der Waals surface area (Å²) in [6, 6.07) is 0. The van der Waals surface area contributed by atoms with Crippen molar-refractivity contribution >= 4 is 0 Å². The van der Waals surface area contributed by atoms with Crippen molar-refractivity contribution in [2.45, 2.75) is 32.0 Å². The van der Waals surface area contributed by atoms with Crippen LogP contribution in [-0.2, 0) is 9.47 Å². The summed E-state index contributed by atoms with van der Waals surface area (Å²) in [7, 11) is 0. The fourth-order valence-corrected chi connectivity index (χ4v) is 4.64. The number of fused-ring (bicyclic) bond motifs is 2. The maximum Gasteiger partial charge on any atom is 0.178 e. The lowest BCUT2D eigenvalue weighted by atomic mass is 9.61. The summed E-state index contributed by atoms with van der Waals surface area (Å²) >= 11 is 0. The quantitative estimate of drug-likeness (QED) is 0.613. The van der Waals surface area contributed by atoms with Crippen LogP contribution in [0.3, 0.4) is 0 Å². The zero-order chi connectivity index (χ0) is 10.0. The van der Waals surface area contributed by atoms with Crippen molar-refractivity contribution in [1.82, 2.24) is 0 Å². The minimum Gasteiger partial charge on any atom is -0.347 e. The molecule has 1 unspecified atom stereocenters. The molecule has 4 rings (SSSR count). The third-order valence-electron chi connectivity index (χ3n) is 5.13. The van der Waals surface area contributed by atoms with E-state index < -0.39 is 0 Å². The smallest absolute Gasteiger partial charge is 0.178 e. The van der Waals surface area contributed by atoms with E-state index in [0.717, 1.165) is 25.0 Å². The van der Waals surface area contributed by atoms with E-state index in [-0.39, 0.29) is 5.79 Å². The molecule has 82 valence electrons. The first-order valence-electron chi connectivity index (χ1n) is 6.35. The van der Waals surface area contributed by atoms with Gasteiger partial charge < -0.3 is 9.47 Å². The third kappa shape index (κ3) is 0.818. The lowest BCUT2D eigenvalue weighted by Crippen LogP contribution is -2.60. The first kappa shape index (κ1) is 8.77.